The number of hydrogen-bond donors (Lipinski definition) is 0. The third kappa shape index (κ3) is 3.80. The molecular formula is C20H27N3O3. The minimum atomic E-state index is -0.123. The van der Waals surface area contributed by atoms with Crippen LogP contribution in [0.2, 0.25) is 0 Å². The number of rotatable bonds is 6. The molecule has 1 amide bonds. The fourth-order valence-corrected chi connectivity index (χ4v) is 3.36. The van der Waals surface area contributed by atoms with Gasteiger partial charge in [-0.05, 0) is 18.9 Å². The van der Waals surface area contributed by atoms with Crippen molar-refractivity contribution < 1.29 is 9.53 Å². The summed E-state index contributed by atoms with van der Waals surface area (Å²) >= 11 is 0. The standard InChI is InChI=1S/C20H27N3O3/c1-3-5-8-11-23-19(24)17-10-7-6-9-16(17)18(21-23)20(25)22-12-13-26-15(4-2)14-22/h6-7,9-10,15H,3-5,8,11-14H2,1-2H3/t15-/m1/s1. The Morgan fingerprint density at radius 3 is 2.73 bits per heavy atom. The second-order valence-corrected chi connectivity index (χ2v) is 6.78. The number of fused-ring (bicyclic) bond motifs is 1. The lowest BCUT2D eigenvalue weighted by Crippen LogP contribution is -2.46. The Kier molecular flexibility index (Phi) is 6.04. The Labute approximate surface area is 153 Å². The number of benzene rings is 1. The summed E-state index contributed by atoms with van der Waals surface area (Å²) < 4.78 is 7.13. The average Bonchev–Trinajstić information content (AvgIpc) is 2.69. The summed E-state index contributed by atoms with van der Waals surface area (Å²) in [6.45, 7) is 6.38. The maximum absolute atomic E-state index is 13.2. The average molecular weight is 357 g/mol. The molecule has 26 heavy (non-hydrogen) atoms. The lowest BCUT2D eigenvalue weighted by Gasteiger charge is -2.32. The molecule has 6 heteroatoms. The van der Waals surface area contributed by atoms with Crippen LogP contribution in [0.4, 0.5) is 0 Å². The number of unbranched alkanes of at least 4 members (excludes halogenated alkanes) is 2. The number of aromatic nitrogens is 2. The highest BCUT2D eigenvalue weighted by Crippen LogP contribution is 2.18. The number of carbonyl (C=O) groups is 1. The van der Waals surface area contributed by atoms with Crippen molar-refractivity contribution in [2.75, 3.05) is 19.7 Å². The molecule has 6 nitrogen and oxygen atoms in total. The first-order chi connectivity index (χ1) is 12.7. The predicted octanol–water partition coefficient (Wildman–Crippen LogP) is 2.84. The molecule has 1 fully saturated rings. The second kappa shape index (κ2) is 8.45. The predicted molar refractivity (Wildman–Crippen MR) is 101 cm³/mol. The van der Waals surface area contributed by atoms with Crippen molar-refractivity contribution in [3.63, 3.8) is 0 Å². The van der Waals surface area contributed by atoms with Gasteiger partial charge >= 0.3 is 0 Å². The van der Waals surface area contributed by atoms with E-state index in [-0.39, 0.29) is 17.6 Å². The first kappa shape index (κ1) is 18.6. The van der Waals surface area contributed by atoms with E-state index in [9.17, 15) is 9.59 Å². The lowest BCUT2D eigenvalue weighted by atomic mass is 10.1. The molecule has 3 rings (SSSR count). The molecule has 1 atom stereocenters. The van der Waals surface area contributed by atoms with Crippen LogP contribution >= 0.6 is 0 Å². The van der Waals surface area contributed by atoms with Crippen LogP contribution in [0.3, 0.4) is 0 Å². The molecule has 2 heterocycles. The number of hydrogen-bond acceptors (Lipinski definition) is 4. The second-order valence-electron chi connectivity index (χ2n) is 6.78. The van der Waals surface area contributed by atoms with E-state index in [0.29, 0.717) is 42.7 Å². The van der Waals surface area contributed by atoms with E-state index in [1.54, 1.807) is 11.0 Å². The fourth-order valence-electron chi connectivity index (χ4n) is 3.36. The third-order valence-electron chi connectivity index (χ3n) is 4.93. The third-order valence-corrected chi connectivity index (χ3v) is 4.93. The number of amides is 1. The molecule has 0 bridgehead atoms. The van der Waals surface area contributed by atoms with E-state index in [1.807, 2.05) is 18.2 Å². The van der Waals surface area contributed by atoms with Gasteiger partial charge < -0.3 is 9.64 Å². The fraction of sp³-hybridized carbons (Fsp3) is 0.550. The first-order valence-electron chi connectivity index (χ1n) is 9.56. The minimum absolute atomic E-state index is 0.0643. The van der Waals surface area contributed by atoms with E-state index in [1.165, 1.54) is 4.68 Å². The van der Waals surface area contributed by atoms with Crippen molar-refractivity contribution in [2.24, 2.45) is 0 Å². The van der Waals surface area contributed by atoms with E-state index in [0.717, 1.165) is 25.7 Å². The van der Waals surface area contributed by atoms with Crippen LogP contribution in [0.5, 0.6) is 0 Å². The van der Waals surface area contributed by atoms with Gasteiger partial charge in [0.2, 0.25) is 0 Å². The quantitative estimate of drug-likeness (QED) is 0.746. The summed E-state index contributed by atoms with van der Waals surface area (Å²) in [5.74, 6) is -0.118. The van der Waals surface area contributed by atoms with Crippen molar-refractivity contribution in [1.82, 2.24) is 14.7 Å². The molecule has 0 unspecified atom stereocenters. The summed E-state index contributed by atoms with van der Waals surface area (Å²) in [4.78, 5) is 27.7. The normalized spacial score (nSPS) is 17.6. The zero-order valence-electron chi connectivity index (χ0n) is 15.6. The van der Waals surface area contributed by atoms with Crippen LogP contribution in [-0.2, 0) is 11.3 Å². The Hall–Kier alpha value is -2.21. The van der Waals surface area contributed by atoms with Crippen molar-refractivity contribution in [2.45, 2.75) is 52.2 Å². The summed E-state index contributed by atoms with van der Waals surface area (Å²) in [6, 6.07) is 7.26. The monoisotopic (exact) mass is 357 g/mol. The summed E-state index contributed by atoms with van der Waals surface area (Å²) in [5, 5.41) is 5.66. The van der Waals surface area contributed by atoms with Crippen LogP contribution in [0, 0.1) is 0 Å². The summed E-state index contributed by atoms with van der Waals surface area (Å²) in [7, 11) is 0. The first-order valence-corrected chi connectivity index (χ1v) is 9.56. The highest BCUT2D eigenvalue weighted by molar-refractivity contribution is 6.04. The van der Waals surface area contributed by atoms with E-state index in [2.05, 4.69) is 18.9 Å². The SMILES string of the molecule is CCCCCn1nc(C(=O)N2CCO[C@H](CC)C2)c2ccccc2c1=O. The van der Waals surface area contributed by atoms with Crippen molar-refractivity contribution in [3.8, 4) is 0 Å². The molecule has 1 aromatic carbocycles. The van der Waals surface area contributed by atoms with Crippen LogP contribution in [0.1, 0.15) is 50.0 Å². The van der Waals surface area contributed by atoms with Crippen LogP contribution in [-0.4, -0.2) is 46.4 Å². The number of nitrogens with zero attached hydrogens (tertiary/aromatic N) is 3. The molecule has 0 N–H and O–H groups in total. The van der Waals surface area contributed by atoms with Gasteiger partial charge in [0.1, 0.15) is 0 Å². The molecule has 1 saturated heterocycles. The van der Waals surface area contributed by atoms with Gasteiger partial charge in [-0.2, -0.15) is 5.10 Å². The molecule has 1 aliphatic heterocycles. The molecule has 140 valence electrons. The summed E-state index contributed by atoms with van der Waals surface area (Å²) in [6.07, 6.45) is 3.92. The van der Waals surface area contributed by atoms with Crippen molar-refractivity contribution >= 4 is 16.7 Å². The molecule has 1 aliphatic rings. The Morgan fingerprint density at radius 1 is 1.23 bits per heavy atom. The van der Waals surface area contributed by atoms with Gasteiger partial charge in [0.25, 0.3) is 11.5 Å². The zero-order chi connectivity index (χ0) is 18.5. The Morgan fingerprint density at radius 2 is 2.00 bits per heavy atom. The summed E-state index contributed by atoms with van der Waals surface area (Å²) in [5.41, 5.74) is 0.245. The van der Waals surface area contributed by atoms with Gasteiger partial charge in [-0.25, -0.2) is 4.68 Å². The smallest absolute Gasteiger partial charge is 0.275 e. The number of morpholine rings is 1. The Bertz CT molecular complexity index is 831. The van der Waals surface area contributed by atoms with E-state index < -0.39 is 0 Å². The van der Waals surface area contributed by atoms with Crippen molar-refractivity contribution in [3.05, 3.63) is 40.3 Å². The topological polar surface area (TPSA) is 64.4 Å². The Balaban J connectivity index is 1.99. The molecular weight excluding hydrogens is 330 g/mol. The molecule has 1 aromatic heterocycles. The zero-order valence-corrected chi connectivity index (χ0v) is 15.6. The van der Waals surface area contributed by atoms with Gasteiger partial charge in [-0.15, -0.1) is 0 Å². The number of aryl methyl sites for hydroxylation is 1. The molecule has 0 radical (unpaired) electrons. The lowest BCUT2D eigenvalue weighted by molar-refractivity contribution is -0.0228. The molecule has 0 aliphatic carbocycles. The van der Waals surface area contributed by atoms with Gasteiger partial charge in [0.15, 0.2) is 5.69 Å². The largest absolute Gasteiger partial charge is 0.375 e. The van der Waals surface area contributed by atoms with Gasteiger partial charge in [0, 0.05) is 25.0 Å². The van der Waals surface area contributed by atoms with E-state index >= 15 is 0 Å². The van der Waals surface area contributed by atoms with Crippen molar-refractivity contribution in [1.29, 1.82) is 0 Å². The van der Waals surface area contributed by atoms with E-state index in [4.69, 9.17) is 4.74 Å². The molecule has 2 aromatic rings. The highest BCUT2D eigenvalue weighted by atomic mass is 16.5. The highest BCUT2D eigenvalue weighted by Gasteiger charge is 2.27. The van der Waals surface area contributed by atoms with Gasteiger partial charge in [-0.1, -0.05) is 44.9 Å². The maximum Gasteiger partial charge on any atom is 0.275 e. The maximum atomic E-state index is 13.2. The number of ether oxygens (including phenoxy) is 1. The van der Waals surface area contributed by atoms with Gasteiger partial charge in [0.05, 0.1) is 18.1 Å². The molecule has 0 saturated carbocycles. The van der Waals surface area contributed by atoms with Gasteiger partial charge in [-0.3, -0.25) is 9.59 Å². The van der Waals surface area contributed by atoms with Crippen LogP contribution in [0.15, 0.2) is 29.1 Å². The minimum Gasteiger partial charge on any atom is -0.375 e. The van der Waals surface area contributed by atoms with Crippen LogP contribution in [0.25, 0.3) is 10.8 Å². The molecule has 0 spiro atoms. The number of carbonyl (C=O) groups excluding carboxylic acids is 1. The van der Waals surface area contributed by atoms with Crippen LogP contribution < -0.4 is 5.56 Å².